The molecular weight excluding hydrogens is 576 g/mol. The summed E-state index contributed by atoms with van der Waals surface area (Å²) in [6.07, 6.45) is 7.15. The lowest BCUT2D eigenvalue weighted by Crippen LogP contribution is -2.53. The van der Waals surface area contributed by atoms with Gasteiger partial charge in [0.15, 0.2) is 0 Å². The third-order valence-corrected chi connectivity index (χ3v) is 10.7. The largest absolute Gasteiger partial charge is 0.476 e. The predicted molar refractivity (Wildman–Crippen MR) is 174 cm³/mol. The first-order valence-electron chi connectivity index (χ1n) is 15.7. The zero-order valence-electron chi connectivity index (χ0n) is 27.1. The van der Waals surface area contributed by atoms with E-state index in [1.165, 1.54) is 10.6 Å². The van der Waals surface area contributed by atoms with Gasteiger partial charge in [0.05, 0.1) is 12.3 Å². The number of rotatable bonds is 11. The number of likely N-dealkylation sites (tertiary alicyclic amines) is 1. The van der Waals surface area contributed by atoms with Gasteiger partial charge in [-0.3, -0.25) is 4.90 Å². The molecular formula is C33H46N6O4S. The monoisotopic (exact) mass is 622 g/mol. The van der Waals surface area contributed by atoms with Gasteiger partial charge < -0.3 is 19.0 Å². The highest BCUT2D eigenvalue weighted by Crippen LogP contribution is 2.38. The molecule has 0 aromatic carbocycles. The normalized spacial score (nSPS) is 20.2. The van der Waals surface area contributed by atoms with Gasteiger partial charge in [-0.05, 0) is 49.1 Å². The van der Waals surface area contributed by atoms with Crippen LogP contribution in [0.15, 0.2) is 36.7 Å². The molecule has 2 saturated heterocycles. The average Bonchev–Trinajstić information content (AvgIpc) is 3.51. The number of likely N-dealkylation sites (N-methyl/N-ethyl adjacent to an activating group) is 1. The molecule has 6 heterocycles. The van der Waals surface area contributed by atoms with Crippen molar-refractivity contribution in [2.45, 2.75) is 83.8 Å². The maximum atomic E-state index is 12.1. The summed E-state index contributed by atoms with van der Waals surface area (Å²) in [5.41, 5.74) is 3.20. The van der Waals surface area contributed by atoms with Gasteiger partial charge in [0.2, 0.25) is 21.8 Å². The van der Waals surface area contributed by atoms with Crippen molar-refractivity contribution in [1.82, 2.24) is 28.7 Å². The third kappa shape index (κ3) is 5.93. The van der Waals surface area contributed by atoms with E-state index in [4.69, 9.17) is 19.4 Å². The fourth-order valence-corrected chi connectivity index (χ4v) is 7.56. The lowest BCUT2D eigenvalue weighted by Gasteiger charge is -2.40. The van der Waals surface area contributed by atoms with Gasteiger partial charge in [-0.1, -0.05) is 41.5 Å². The second-order valence-electron chi connectivity index (χ2n) is 14.1. The molecule has 4 aromatic heterocycles. The Labute approximate surface area is 260 Å². The number of nitrogens with one attached hydrogen (secondary N) is 1. The van der Waals surface area contributed by atoms with Crippen LogP contribution in [0.5, 0.6) is 11.8 Å². The Morgan fingerprint density at radius 3 is 2.23 bits per heavy atom. The van der Waals surface area contributed by atoms with E-state index in [0.717, 1.165) is 59.1 Å². The van der Waals surface area contributed by atoms with Crippen molar-refractivity contribution in [2.24, 2.45) is 0 Å². The molecule has 0 spiro atoms. The Bertz CT molecular complexity index is 1770. The molecule has 10 nitrogen and oxygen atoms in total. The standard InChI is InChI=1S/C33H46N6O4S/c1-8-37-15-11-24(37)19-42-30-26(32(2,3)4)18-23-10-14-38(29(23)36-30)21-33(5,6)27-17-22-9-13-34-28(22)35-31(27)43-20-25-12-16-39(25)44(7,40)41/h9-10,13-14,17-18,24-25H,8,11-12,15-16,19-21H2,1-7H3,(H,34,35). The molecule has 0 aliphatic carbocycles. The number of sulfonamides is 1. The minimum atomic E-state index is -3.26. The van der Waals surface area contributed by atoms with Crippen LogP contribution in [-0.2, 0) is 27.4 Å². The molecule has 44 heavy (non-hydrogen) atoms. The van der Waals surface area contributed by atoms with Crippen LogP contribution in [-0.4, -0.2) is 88.3 Å². The van der Waals surface area contributed by atoms with E-state index in [1.54, 1.807) is 0 Å². The van der Waals surface area contributed by atoms with Gasteiger partial charge in [-0.25, -0.2) is 8.42 Å². The molecule has 2 aliphatic rings. The van der Waals surface area contributed by atoms with Crippen molar-refractivity contribution >= 4 is 32.1 Å². The zero-order valence-corrected chi connectivity index (χ0v) is 27.9. The van der Waals surface area contributed by atoms with Crippen LogP contribution in [0, 0.1) is 0 Å². The molecule has 2 atom stereocenters. The quantitative estimate of drug-likeness (QED) is 0.249. The molecule has 4 aromatic rings. The molecule has 0 saturated carbocycles. The summed E-state index contributed by atoms with van der Waals surface area (Å²) < 4.78 is 40.7. The molecule has 0 radical (unpaired) electrons. The van der Waals surface area contributed by atoms with E-state index >= 15 is 0 Å². The number of fused-ring (bicyclic) bond motifs is 2. The van der Waals surface area contributed by atoms with Crippen molar-refractivity contribution in [3.8, 4) is 11.8 Å². The Balaban J connectivity index is 1.30. The van der Waals surface area contributed by atoms with Gasteiger partial charge >= 0.3 is 0 Å². The highest BCUT2D eigenvalue weighted by Gasteiger charge is 2.36. The zero-order chi connectivity index (χ0) is 31.4. The highest BCUT2D eigenvalue weighted by atomic mass is 32.2. The summed E-state index contributed by atoms with van der Waals surface area (Å²) in [4.78, 5) is 15.6. The number of ether oxygens (including phenoxy) is 2. The first-order valence-corrected chi connectivity index (χ1v) is 17.5. The first kappa shape index (κ1) is 30.9. The van der Waals surface area contributed by atoms with E-state index in [1.807, 2.05) is 12.3 Å². The van der Waals surface area contributed by atoms with Crippen molar-refractivity contribution in [2.75, 3.05) is 39.1 Å². The van der Waals surface area contributed by atoms with Crippen LogP contribution >= 0.6 is 0 Å². The second-order valence-corrected chi connectivity index (χ2v) is 16.0. The predicted octanol–water partition coefficient (Wildman–Crippen LogP) is 5.07. The smallest absolute Gasteiger partial charge is 0.219 e. The Kier molecular flexibility index (Phi) is 7.95. The van der Waals surface area contributed by atoms with Crippen molar-refractivity contribution in [3.63, 3.8) is 0 Å². The van der Waals surface area contributed by atoms with Crippen LogP contribution in [0.25, 0.3) is 22.1 Å². The summed E-state index contributed by atoms with van der Waals surface area (Å²) in [5, 5.41) is 2.08. The van der Waals surface area contributed by atoms with E-state index in [9.17, 15) is 8.42 Å². The SMILES string of the molecule is CCN1CCC1COc1nc2c(ccn2CC(C)(C)c2cc3cc[nH]c3nc2OCC2CCN2S(C)(=O)=O)cc1C(C)(C)C. The van der Waals surface area contributed by atoms with Gasteiger partial charge in [-0.15, -0.1) is 0 Å². The topological polar surface area (TPSA) is 106 Å². The fraction of sp³-hybridized carbons (Fsp3) is 0.576. The van der Waals surface area contributed by atoms with Gasteiger partial charge in [0.25, 0.3) is 0 Å². The van der Waals surface area contributed by atoms with Crippen LogP contribution in [0.2, 0.25) is 0 Å². The van der Waals surface area contributed by atoms with Gasteiger partial charge in [-0.2, -0.15) is 14.3 Å². The number of hydrogen-bond acceptors (Lipinski definition) is 7. The molecule has 0 bridgehead atoms. The molecule has 238 valence electrons. The minimum Gasteiger partial charge on any atom is -0.476 e. The molecule has 1 N–H and O–H groups in total. The van der Waals surface area contributed by atoms with Gasteiger partial charge in [0, 0.05) is 65.4 Å². The highest BCUT2D eigenvalue weighted by molar-refractivity contribution is 7.88. The van der Waals surface area contributed by atoms with Crippen LogP contribution in [0.4, 0.5) is 0 Å². The van der Waals surface area contributed by atoms with Crippen LogP contribution in [0.1, 0.15) is 65.5 Å². The summed E-state index contributed by atoms with van der Waals surface area (Å²) in [6, 6.07) is 8.76. The lowest BCUT2D eigenvalue weighted by molar-refractivity contribution is 0.0540. The van der Waals surface area contributed by atoms with E-state index in [2.05, 4.69) is 80.4 Å². The van der Waals surface area contributed by atoms with Crippen LogP contribution < -0.4 is 9.47 Å². The number of aromatic nitrogens is 4. The second kappa shape index (κ2) is 11.3. The molecule has 0 amide bonds. The maximum absolute atomic E-state index is 12.1. The summed E-state index contributed by atoms with van der Waals surface area (Å²) in [7, 11) is -3.26. The number of pyridine rings is 2. The number of H-pyrrole nitrogens is 1. The van der Waals surface area contributed by atoms with Crippen molar-refractivity contribution in [1.29, 1.82) is 0 Å². The van der Waals surface area contributed by atoms with E-state index < -0.39 is 15.4 Å². The molecule has 6 rings (SSSR count). The first-order chi connectivity index (χ1) is 20.7. The van der Waals surface area contributed by atoms with Gasteiger partial charge in [0.1, 0.15) is 24.5 Å². The maximum Gasteiger partial charge on any atom is 0.219 e. The lowest BCUT2D eigenvalue weighted by atomic mass is 9.84. The minimum absolute atomic E-state index is 0.112. The van der Waals surface area contributed by atoms with Crippen LogP contribution in [0.3, 0.4) is 0 Å². The molecule has 11 heteroatoms. The third-order valence-electron chi connectivity index (χ3n) is 9.32. The summed E-state index contributed by atoms with van der Waals surface area (Å²) in [6.45, 7) is 17.4. The number of aromatic amines is 1. The molecule has 2 unspecified atom stereocenters. The molecule has 2 aliphatic heterocycles. The molecule has 2 fully saturated rings. The Morgan fingerprint density at radius 1 is 0.932 bits per heavy atom. The number of nitrogens with zero attached hydrogens (tertiary/aromatic N) is 5. The number of hydrogen-bond donors (Lipinski definition) is 1. The average molecular weight is 623 g/mol. The Morgan fingerprint density at radius 2 is 1.61 bits per heavy atom. The summed E-state index contributed by atoms with van der Waals surface area (Å²) in [5.74, 6) is 1.23. The summed E-state index contributed by atoms with van der Waals surface area (Å²) >= 11 is 0. The van der Waals surface area contributed by atoms with Crippen molar-refractivity contribution in [3.05, 3.63) is 47.8 Å². The van der Waals surface area contributed by atoms with Crippen molar-refractivity contribution < 1.29 is 17.9 Å². The van der Waals surface area contributed by atoms with E-state index in [-0.39, 0.29) is 18.1 Å². The van der Waals surface area contributed by atoms with E-state index in [0.29, 0.717) is 37.5 Å². The fourth-order valence-electron chi connectivity index (χ4n) is 6.41. The Hall–Kier alpha value is -3.15.